The van der Waals surface area contributed by atoms with Crippen LogP contribution in [0, 0.1) is 12.8 Å². The van der Waals surface area contributed by atoms with E-state index in [2.05, 4.69) is 14.7 Å². The van der Waals surface area contributed by atoms with Gasteiger partial charge in [-0.3, -0.25) is 0 Å². The molecule has 0 aliphatic heterocycles. The molecule has 0 saturated carbocycles. The molecule has 0 aliphatic carbocycles. The lowest BCUT2D eigenvalue weighted by molar-refractivity contribution is 0.311. The number of hydrogen-bond acceptors (Lipinski definition) is 5. The van der Waals surface area contributed by atoms with Crippen LogP contribution in [0.15, 0.2) is 82.8 Å². The lowest BCUT2D eigenvalue weighted by Gasteiger charge is -2.40. The van der Waals surface area contributed by atoms with Crippen LogP contribution in [0.4, 0.5) is 0 Å². The van der Waals surface area contributed by atoms with Crippen LogP contribution in [0.1, 0.15) is 30.5 Å². The minimum absolute atomic E-state index is 0.132. The van der Waals surface area contributed by atoms with Crippen molar-refractivity contribution in [1.82, 2.24) is 4.72 Å². The summed E-state index contributed by atoms with van der Waals surface area (Å²) >= 11 is 0. The Morgan fingerprint density at radius 2 is 1.31 bits per heavy atom. The first kappa shape index (κ1) is 26.1. The first-order valence-electron chi connectivity index (χ1n) is 11.1. The number of rotatable bonds is 10. The highest BCUT2D eigenvalue weighted by atomic mass is 32.2. The Bertz CT molecular complexity index is 1240. The maximum absolute atomic E-state index is 13.5. The van der Waals surface area contributed by atoms with Crippen molar-refractivity contribution < 1.29 is 17.9 Å². The summed E-state index contributed by atoms with van der Waals surface area (Å²) in [5.74, 6) is 0.990. The van der Waals surface area contributed by atoms with Gasteiger partial charge in [0.1, 0.15) is 17.0 Å². The van der Waals surface area contributed by atoms with Gasteiger partial charge in [-0.05, 0) is 65.9 Å². The third-order valence-electron chi connectivity index (χ3n) is 5.99. The molecule has 184 valence electrons. The van der Waals surface area contributed by atoms with Gasteiger partial charge in [0, 0.05) is 11.0 Å². The minimum Gasteiger partial charge on any atom is -0.497 e. The van der Waals surface area contributed by atoms with E-state index < -0.39 is 21.6 Å². The van der Waals surface area contributed by atoms with Gasteiger partial charge in [-0.1, -0.05) is 60.9 Å². The fourth-order valence-electron chi connectivity index (χ4n) is 4.12. The van der Waals surface area contributed by atoms with E-state index in [1.807, 2.05) is 20.8 Å². The van der Waals surface area contributed by atoms with Crippen LogP contribution in [0.5, 0.6) is 11.5 Å². The fraction of sp³-hybridized carbons (Fsp3) is 0.308. The van der Waals surface area contributed by atoms with E-state index in [0.717, 1.165) is 5.56 Å². The first-order valence-corrected chi connectivity index (χ1v) is 12.6. The molecule has 8 nitrogen and oxygen atoms in total. The van der Waals surface area contributed by atoms with E-state index in [0.29, 0.717) is 22.6 Å². The molecule has 0 unspecified atom stereocenters. The summed E-state index contributed by atoms with van der Waals surface area (Å²) in [6.45, 7) is 5.66. The third kappa shape index (κ3) is 5.43. The average molecular weight is 495 g/mol. The van der Waals surface area contributed by atoms with Gasteiger partial charge in [0.15, 0.2) is 0 Å². The fourth-order valence-corrected chi connectivity index (χ4v) is 5.53. The monoisotopic (exact) mass is 494 g/mol. The summed E-state index contributed by atoms with van der Waals surface area (Å²) in [6, 6.07) is 19.9. The maximum Gasteiger partial charge on any atom is 0.240 e. The van der Waals surface area contributed by atoms with E-state index in [-0.39, 0.29) is 10.8 Å². The lowest BCUT2D eigenvalue weighted by atomic mass is 9.74. The maximum atomic E-state index is 13.5. The highest BCUT2D eigenvalue weighted by Gasteiger charge is 2.45. The largest absolute Gasteiger partial charge is 0.497 e. The van der Waals surface area contributed by atoms with Crippen molar-refractivity contribution in [3.8, 4) is 11.5 Å². The zero-order chi connectivity index (χ0) is 25.6. The molecule has 3 rings (SSSR count). The molecule has 1 atom stereocenters. The summed E-state index contributed by atoms with van der Waals surface area (Å²) in [5.41, 5.74) is 10.5. The van der Waals surface area contributed by atoms with Crippen molar-refractivity contribution in [2.45, 2.75) is 37.2 Å². The molecular formula is C26H30N4O4S. The van der Waals surface area contributed by atoms with Crippen LogP contribution in [0.2, 0.25) is 0 Å². The Hall–Kier alpha value is -3.52. The molecule has 0 bridgehead atoms. The number of ether oxygens (including phenoxy) is 2. The molecule has 0 spiro atoms. The first-order chi connectivity index (χ1) is 16.7. The average Bonchev–Trinajstić information content (AvgIpc) is 2.86. The summed E-state index contributed by atoms with van der Waals surface area (Å²) in [5, 5.41) is 4.29. The number of azide groups is 1. The predicted octanol–water partition coefficient (Wildman–Crippen LogP) is 5.57. The number of nitrogens with zero attached hydrogens (tertiary/aromatic N) is 3. The van der Waals surface area contributed by atoms with Gasteiger partial charge in [-0.15, -0.1) is 0 Å². The second kappa shape index (κ2) is 10.8. The van der Waals surface area contributed by atoms with Gasteiger partial charge in [0.25, 0.3) is 0 Å². The summed E-state index contributed by atoms with van der Waals surface area (Å²) in [7, 11) is -0.824. The van der Waals surface area contributed by atoms with E-state index in [1.165, 1.54) is 0 Å². The minimum atomic E-state index is -3.95. The van der Waals surface area contributed by atoms with Crippen LogP contribution < -0.4 is 14.2 Å². The van der Waals surface area contributed by atoms with Crippen LogP contribution in [-0.4, -0.2) is 28.7 Å². The second-order valence-corrected chi connectivity index (χ2v) is 10.3. The van der Waals surface area contributed by atoms with E-state index >= 15 is 0 Å². The van der Waals surface area contributed by atoms with Crippen molar-refractivity contribution in [1.29, 1.82) is 0 Å². The molecule has 0 radical (unpaired) electrons. The number of sulfonamides is 1. The second-order valence-electron chi connectivity index (χ2n) is 8.57. The van der Waals surface area contributed by atoms with Crippen molar-refractivity contribution in [3.63, 3.8) is 0 Å². The van der Waals surface area contributed by atoms with Gasteiger partial charge < -0.3 is 9.47 Å². The number of benzene rings is 3. The molecule has 0 aromatic heterocycles. The molecule has 0 aliphatic rings. The Morgan fingerprint density at radius 1 is 0.857 bits per heavy atom. The van der Waals surface area contributed by atoms with Gasteiger partial charge in [-0.25, -0.2) is 13.1 Å². The van der Waals surface area contributed by atoms with Gasteiger partial charge >= 0.3 is 0 Å². The van der Waals surface area contributed by atoms with Crippen LogP contribution >= 0.6 is 0 Å². The Morgan fingerprint density at radius 3 is 1.69 bits per heavy atom. The highest BCUT2D eigenvalue weighted by Crippen LogP contribution is 2.42. The number of nitrogens with one attached hydrogen (secondary N) is 1. The van der Waals surface area contributed by atoms with Crippen LogP contribution in [0.3, 0.4) is 0 Å². The molecule has 35 heavy (non-hydrogen) atoms. The van der Waals surface area contributed by atoms with Crippen LogP contribution in [-0.2, 0) is 15.6 Å². The van der Waals surface area contributed by atoms with Crippen molar-refractivity contribution in [2.24, 2.45) is 11.0 Å². The summed E-state index contributed by atoms with van der Waals surface area (Å²) in [4.78, 5) is 3.32. The number of aryl methyl sites for hydroxylation is 1. The summed E-state index contributed by atoms with van der Waals surface area (Å²) in [6.07, 6.45) is 0. The third-order valence-corrected chi connectivity index (χ3v) is 7.45. The molecule has 1 N–H and O–H groups in total. The lowest BCUT2D eigenvalue weighted by Crippen LogP contribution is -2.53. The molecule has 0 heterocycles. The van der Waals surface area contributed by atoms with Gasteiger partial charge in [0.2, 0.25) is 10.0 Å². The molecule has 3 aromatic rings. The zero-order valence-electron chi connectivity index (χ0n) is 20.5. The quantitative estimate of drug-likeness (QED) is 0.225. The summed E-state index contributed by atoms with van der Waals surface area (Å²) < 4.78 is 40.4. The predicted molar refractivity (Wildman–Crippen MR) is 136 cm³/mol. The van der Waals surface area contributed by atoms with Gasteiger partial charge in [-0.2, -0.15) is 0 Å². The normalized spacial score (nSPS) is 12.6. The van der Waals surface area contributed by atoms with E-state index in [1.54, 1.807) is 87.0 Å². The van der Waals surface area contributed by atoms with Gasteiger partial charge in [0.05, 0.1) is 19.1 Å². The zero-order valence-corrected chi connectivity index (χ0v) is 21.3. The molecule has 0 fully saturated rings. The van der Waals surface area contributed by atoms with Crippen molar-refractivity contribution in [2.75, 3.05) is 14.2 Å². The number of methoxy groups -OCH3 is 2. The molecule has 9 heteroatoms. The molecule has 3 aromatic carbocycles. The molecule has 0 saturated heterocycles. The smallest absolute Gasteiger partial charge is 0.240 e. The Kier molecular flexibility index (Phi) is 8.07. The van der Waals surface area contributed by atoms with Crippen LogP contribution in [0.25, 0.3) is 10.4 Å². The topological polar surface area (TPSA) is 113 Å². The Labute approximate surface area is 206 Å². The highest BCUT2D eigenvalue weighted by molar-refractivity contribution is 7.89. The van der Waals surface area contributed by atoms with Crippen molar-refractivity contribution >= 4 is 10.0 Å². The van der Waals surface area contributed by atoms with Crippen molar-refractivity contribution in [3.05, 3.63) is 99.9 Å². The SMILES string of the molecule is COc1ccc(C(N=[N+]=[N-])(c2ccc(OC)cc2)[C@@H](NS(=O)(=O)c2ccc(C)cc2)C(C)C)cc1. The van der Waals surface area contributed by atoms with E-state index in [4.69, 9.17) is 9.47 Å². The standard InChI is InChI=1S/C26H30N4O4S/c1-18(2)25(28-35(31,32)24-16-6-19(3)7-17-24)26(29-30-27,20-8-12-22(33-4)13-9-20)21-10-14-23(34-5)15-11-21/h6-18,25,28H,1-5H3/t25-/m0/s1. The van der Waals surface area contributed by atoms with E-state index in [9.17, 15) is 13.9 Å². The molecular weight excluding hydrogens is 464 g/mol. The Balaban J connectivity index is 2.27. The number of hydrogen-bond donors (Lipinski definition) is 1. The molecule has 0 amide bonds.